The molecule has 2 N–H and O–H groups in total. The minimum absolute atomic E-state index is 0.497. The van der Waals surface area contributed by atoms with Crippen molar-refractivity contribution in [2.45, 2.75) is 19.8 Å². The zero-order chi connectivity index (χ0) is 12.0. The Hall–Kier alpha value is -1.26. The standard InChI is InChI=1S/C12H17N3S/c1-9(2)11-8-15-12(16-11)10(14-3)6-4-5-7-13/h4-6,8-9H,3,7,13H2,1-2H3/b5-4-,10-6-. The first-order valence-electron chi connectivity index (χ1n) is 5.18. The van der Waals surface area contributed by atoms with Crippen LogP contribution in [0.15, 0.2) is 29.4 Å². The molecule has 0 aliphatic heterocycles. The van der Waals surface area contributed by atoms with Crippen LogP contribution in [-0.2, 0) is 0 Å². The maximum Gasteiger partial charge on any atom is 0.142 e. The Morgan fingerprint density at radius 1 is 1.69 bits per heavy atom. The monoisotopic (exact) mass is 235 g/mol. The maximum absolute atomic E-state index is 5.36. The highest BCUT2D eigenvalue weighted by atomic mass is 32.1. The van der Waals surface area contributed by atoms with E-state index in [0.717, 1.165) is 10.7 Å². The van der Waals surface area contributed by atoms with Gasteiger partial charge in [0.2, 0.25) is 0 Å². The fourth-order valence-electron chi connectivity index (χ4n) is 1.10. The number of rotatable bonds is 5. The molecule has 0 unspecified atom stereocenters. The molecular formula is C12H17N3S. The van der Waals surface area contributed by atoms with Gasteiger partial charge in [-0.15, -0.1) is 11.3 Å². The minimum atomic E-state index is 0.497. The third-order valence-corrected chi connectivity index (χ3v) is 3.33. The SMILES string of the molecule is C=N/C(=C\C=C/CN)c1ncc(C(C)C)s1. The number of nitrogens with two attached hydrogens (primary N) is 1. The van der Waals surface area contributed by atoms with Gasteiger partial charge in [0.15, 0.2) is 0 Å². The third kappa shape index (κ3) is 3.40. The van der Waals surface area contributed by atoms with E-state index in [-0.39, 0.29) is 0 Å². The first-order valence-corrected chi connectivity index (χ1v) is 6.00. The number of allylic oxidation sites excluding steroid dienone is 2. The lowest BCUT2D eigenvalue weighted by Crippen LogP contribution is -1.91. The largest absolute Gasteiger partial charge is 0.327 e. The Balaban J connectivity index is 2.91. The normalized spacial score (nSPS) is 12.6. The first kappa shape index (κ1) is 12.8. The van der Waals surface area contributed by atoms with E-state index >= 15 is 0 Å². The van der Waals surface area contributed by atoms with Gasteiger partial charge in [-0.25, -0.2) is 4.98 Å². The molecule has 86 valence electrons. The van der Waals surface area contributed by atoms with Gasteiger partial charge in [0, 0.05) is 17.6 Å². The molecule has 0 radical (unpaired) electrons. The molecule has 1 aromatic heterocycles. The van der Waals surface area contributed by atoms with Gasteiger partial charge in [-0.3, -0.25) is 4.99 Å². The highest BCUT2D eigenvalue weighted by Gasteiger charge is 2.07. The number of nitrogens with zero attached hydrogens (tertiary/aromatic N) is 2. The average Bonchev–Trinajstić information content (AvgIpc) is 2.74. The van der Waals surface area contributed by atoms with Crippen LogP contribution in [0.2, 0.25) is 0 Å². The third-order valence-electron chi connectivity index (χ3n) is 2.01. The molecule has 0 amide bonds. The molecule has 1 rings (SSSR count). The molecule has 0 aliphatic rings. The van der Waals surface area contributed by atoms with Crippen molar-refractivity contribution < 1.29 is 0 Å². The zero-order valence-electron chi connectivity index (χ0n) is 9.68. The maximum atomic E-state index is 5.36. The van der Waals surface area contributed by atoms with Crippen molar-refractivity contribution in [2.24, 2.45) is 10.7 Å². The summed E-state index contributed by atoms with van der Waals surface area (Å²) in [7, 11) is 0. The lowest BCUT2D eigenvalue weighted by Gasteiger charge is -1.96. The molecule has 0 aromatic carbocycles. The Labute approximate surface area is 100 Å². The summed E-state index contributed by atoms with van der Waals surface area (Å²) in [4.78, 5) is 9.57. The van der Waals surface area contributed by atoms with Crippen LogP contribution in [0.5, 0.6) is 0 Å². The molecule has 0 spiro atoms. The predicted molar refractivity (Wildman–Crippen MR) is 71.9 cm³/mol. The van der Waals surface area contributed by atoms with Gasteiger partial charge in [-0.1, -0.05) is 26.0 Å². The second-order valence-electron chi connectivity index (χ2n) is 3.60. The summed E-state index contributed by atoms with van der Waals surface area (Å²) in [6, 6.07) is 0. The van der Waals surface area contributed by atoms with E-state index in [2.05, 4.69) is 30.5 Å². The summed E-state index contributed by atoms with van der Waals surface area (Å²) in [5.41, 5.74) is 6.16. The van der Waals surface area contributed by atoms with Crippen molar-refractivity contribution in [1.82, 2.24) is 4.98 Å². The van der Waals surface area contributed by atoms with Crippen LogP contribution in [0.3, 0.4) is 0 Å². The topological polar surface area (TPSA) is 51.3 Å². The summed E-state index contributed by atoms with van der Waals surface area (Å²) in [6.45, 7) is 8.38. The molecule has 16 heavy (non-hydrogen) atoms. The van der Waals surface area contributed by atoms with Gasteiger partial charge in [-0.2, -0.15) is 0 Å². The average molecular weight is 235 g/mol. The van der Waals surface area contributed by atoms with Crippen molar-refractivity contribution in [1.29, 1.82) is 0 Å². The van der Waals surface area contributed by atoms with Crippen LogP contribution in [0, 0.1) is 0 Å². The second-order valence-corrected chi connectivity index (χ2v) is 4.66. The van der Waals surface area contributed by atoms with Crippen molar-refractivity contribution >= 4 is 23.8 Å². The predicted octanol–water partition coefficient (Wildman–Crippen LogP) is 2.82. The minimum Gasteiger partial charge on any atom is -0.327 e. The summed E-state index contributed by atoms with van der Waals surface area (Å²) < 4.78 is 0. The molecule has 0 bridgehead atoms. The fourth-order valence-corrected chi connectivity index (χ4v) is 2.01. The summed E-state index contributed by atoms with van der Waals surface area (Å²) in [5, 5.41) is 0.903. The summed E-state index contributed by atoms with van der Waals surface area (Å²) >= 11 is 1.65. The summed E-state index contributed by atoms with van der Waals surface area (Å²) in [6.07, 6.45) is 7.52. The molecule has 1 aromatic rings. The first-order chi connectivity index (χ1) is 7.69. The van der Waals surface area contributed by atoms with Crippen LogP contribution in [0.1, 0.15) is 29.7 Å². The smallest absolute Gasteiger partial charge is 0.142 e. The fraction of sp³-hybridized carbons (Fsp3) is 0.333. The molecular weight excluding hydrogens is 218 g/mol. The quantitative estimate of drug-likeness (QED) is 0.630. The van der Waals surface area contributed by atoms with Gasteiger partial charge in [0.1, 0.15) is 5.01 Å². The molecule has 0 saturated carbocycles. The molecule has 1 heterocycles. The second kappa shape index (κ2) is 6.35. The Kier molecular flexibility index (Phi) is 5.08. The van der Waals surface area contributed by atoms with Crippen LogP contribution < -0.4 is 5.73 Å². The molecule has 0 atom stereocenters. The van der Waals surface area contributed by atoms with E-state index in [1.54, 1.807) is 11.3 Å². The van der Waals surface area contributed by atoms with E-state index in [4.69, 9.17) is 5.73 Å². The molecule has 3 nitrogen and oxygen atoms in total. The van der Waals surface area contributed by atoms with E-state index in [0.29, 0.717) is 12.5 Å². The Morgan fingerprint density at radius 3 is 2.94 bits per heavy atom. The number of thiazole rings is 1. The molecule has 0 fully saturated rings. The van der Waals surface area contributed by atoms with Crippen LogP contribution >= 0.6 is 11.3 Å². The lowest BCUT2D eigenvalue weighted by atomic mass is 10.2. The molecule has 4 heteroatoms. The highest BCUT2D eigenvalue weighted by Crippen LogP contribution is 2.26. The Morgan fingerprint density at radius 2 is 2.44 bits per heavy atom. The van der Waals surface area contributed by atoms with Crippen LogP contribution in [-0.4, -0.2) is 18.2 Å². The highest BCUT2D eigenvalue weighted by molar-refractivity contribution is 7.12. The zero-order valence-corrected chi connectivity index (χ0v) is 10.5. The van der Waals surface area contributed by atoms with E-state index in [9.17, 15) is 0 Å². The van der Waals surface area contributed by atoms with E-state index in [1.165, 1.54) is 4.88 Å². The Bertz CT molecular complexity index is 402. The van der Waals surface area contributed by atoms with Crippen molar-refractivity contribution in [2.75, 3.05) is 6.54 Å². The van der Waals surface area contributed by atoms with Gasteiger partial charge >= 0.3 is 0 Å². The number of hydrogen-bond donors (Lipinski definition) is 1. The van der Waals surface area contributed by atoms with Gasteiger partial charge < -0.3 is 5.73 Å². The number of aromatic nitrogens is 1. The van der Waals surface area contributed by atoms with Crippen molar-refractivity contribution in [3.8, 4) is 0 Å². The number of aliphatic imine (C=N–C) groups is 1. The summed E-state index contributed by atoms with van der Waals surface area (Å²) in [5.74, 6) is 0.497. The van der Waals surface area contributed by atoms with Gasteiger partial charge in [0.25, 0.3) is 0 Å². The van der Waals surface area contributed by atoms with Gasteiger partial charge in [0.05, 0.1) is 5.70 Å². The van der Waals surface area contributed by atoms with E-state index in [1.807, 2.05) is 24.4 Å². The van der Waals surface area contributed by atoms with E-state index < -0.39 is 0 Å². The van der Waals surface area contributed by atoms with Crippen molar-refractivity contribution in [3.05, 3.63) is 34.3 Å². The molecule has 0 aliphatic carbocycles. The molecule has 0 saturated heterocycles. The lowest BCUT2D eigenvalue weighted by molar-refractivity contribution is 0.885. The van der Waals surface area contributed by atoms with Crippen LogP contribution in [0.4, 0.5) is 0 Å². The number of hydrogen-bond acceptors (Lipinski definition) is 4. The van der Waals surface area contributed by atoms with Gasteiger partial charge in [-0.05, 0) is 18.7 Å². The van der Waals surface area contributed by atoms with Crippen LogP contribution in [0.25, 0.3) is 5.70 Å². The van der Waals surface area contributed by atoms with Crippen molar-refractivity contribution in [3.63, 3.8) is 0 Å².